The molecule has 1 amide bonds. The SMILES string of the molecule is COc1ccccc1OC(C)CNC(=O)CNCC1CC1.Cl. The molecule has 0 radical (unpaired) electrons. The highest BCUT2D eigenvalue weighted by Crippen LogP contribution is 2.27. The first-order valence-corrected chi connectivity index (χ1v) is 7.46. The van der Waals surface area contributed by atoms with Crippen molar-refractivity contribution < 1.29 is 14.3 Å². The number of nitrogens with one attached hydrogen (secondary N) is 2. The second-order valence-corrected chi connectivity index (χ2v) is 5.46. The maximum atomic E-state index is 11.7. The molecule has 0 heterocycles. The van der Waals surface area contributed by atoms with Gasteiger partial charge >= 0.3 is 0 Å². The van der Waals surface area contributed by atoms with Gasteiger partial charge in [0.1, 0.15) is 6.10 Å². The Bertz CT molecular complexity index is 466. The summed E-state index contributed by atoms with van der Waals surface area (Å²) in [6.07, 6.45) is 2.46. The van der Waals surface area contributed by atoms with Crippen LogP contribution in [0.4, 0.5) is 0 Å². The molecule has 6 heteroatoms. The highest BCUT2D eigenvalue weighted by Gasteiger charge is 2.20. The highest BCUT2D eigenvalue weighted by molar-refractivity contribution is 5.85. The van der Waals surface area contributed by atoms with Gasteiger partial charge in [-0.25, -0.2) is 0 Å². The number of hydrogen-bond donors (Lipinski definition) is 2. The number of benzene rings is 1. The third-order valence-corrected chi connectivity index (χ3v) is 3.40. The van der Waals surface area contributed by atoms with Crippen molar-refractivity contribution in [1.29, 1.82) is 0 Å². The Kier molecular flexibility index (Phi) is 8.06. The van der Waals surface area contributed by atoms with E-state index in [-0.39, 0.29) is 24.4 Å². The molecule has 1 atom stereocenters. The van der Waals surface area contributed by atoms with Crippen molar-refractivity contribution in [2.75, 3.05) is 26.7 Å². The summed E-state index contributed by atoms with van der Waals surface area (Å²) in [7, 11) is 1.61. The predicted molar refractivity (Wildman–Crippen MR) is 88.9 cm³/mol. The molecule has 1 fully saturated rings. The van der Waals surface area contributed by atoms with E-state index in [2.05, 4.69) is 10.6 Å². The first kappa shape index (κ1) is 18.6. The second-order valence-electron chi connectivity index (χ2n) is 5.46. The van der Waals surface area contributed by atoms with E-state index in [1.807, 2.05) is 31.2 Å². The van der Waals surface area contributed by atoms with Gasteiger partial charge in [0, 0.05) is 0 Å². The summed E-state index contributed by atoms with van der Waals surface area (Å²) in [6, 6.07) is 7.49. The molecule has 0 aromatic heterocycles. The van der Waals surface area contributed by atoms with E-state index < -0.39 is 0 Å². The fourth-order valence-corrected chi connectivity index (χ4v) is 2.01. The lowest BCUT2D eigenvalue weighted by Gasteiger charge is -2.17. The fourth-order valence-electron chi connectivity index (χ4n) is 2.01. The molecule has 0 aliphatic heterocycles. The highest BCUT2D eigenvalue weighted by atomic mass is 35.5. The van der Waals surface area contributed by atoms with Crippen molar-refractivity contribution in [3.63, 3.8) is 0 Å². The largest absolute Gasteiger partial charge is 0.493 e. The zero-order valence-corrected chi connectivity index (χ0v) is 13.9. The van der Waals surface area contributed by atoms with E-state index in [1.165, 1.54) is 12.8 Å². The third-order valence-electron chi connectivity index (χ3n) is 3.40. The minimum absolute atomic E-state index is 0. The molecule has 5 nitrogen and oxygen atoms in total. The third kappa shape index (κ3) is 6.54. The molecule has 1 aliphatic rings. The summed E-state index contributed by atoms with van der Waals surface area (Å²) in [5, 5.41) is 6.03. The van der Waals surface area contributed by atoms with Crippen LogP contribution in [0.2, 0.25) is 0 Å². The van der Waals surface area contributed by atoms with E-state index in [9.17, 15) is 4.79 Å². The van der Waals surface area contributed by atoms with Crippen molar-refractivity contribution in [2.24, 2.45) is 5.92 Å². The summed E-state index contributed by atoms with van der Waals surface area (Å²) in [5.41, 5.74) is 0. The topological polar surface area (TPSA) is 59.6 Å². The fraction of sp³-hybridized carbons (Fsp3) is 0.562. The number of rotatable bonds is 9. The maximum Gasteiger partial charge on any atom is 0.234 e. The van der Waals surface area contributed by atoms with Crippen LogP contribution in [0.3, 0.4) is 0 Å². The van der Waals surface area contributed by atoms with Crippen molar-refractivity contribution in [3.05, 3.63) is 24.3 Å². The van der Waals surface area contributed by atoms with Crippen LogP contribution in [0.15, 0.2) is 24.3 Å². The Morgan fingerprint density at radius 1 is 1.32 bits per heavy atom. The molecular weight excluding hydrogens is 304 g/mol. The molecule has 1 aliphatic carbocycles. The van der Waals surface area contributed by atoms with E-state index in [4.69, 9.17) is 9.47 Å². The van der Waals surface area contributed by atoms with Gasteiger partial charge in [-0.2, -0.15) is 0 Å². The maximum absolute atomic E-state index is 11.7. The van der Waals surface area contributed by atoms with Gasteiger partial charge in [0.25, 0.3) is 0 Å². The molecule has 0 bridgehead atoms. The molecule has 22 heavy (non-hydrogen) atoms. The lowest BCUT2D eigenvalue weighted by Crippen LogP contribution is -2.39. The molecule has 1 aromatic carbocycles. The number of ether oxygens (including phenoxy) is 2. The normalized spacial score (nSPS) is 14.6. The second kappa shape index (κ2) is 9.54. The summed E-state index contributed by atoms with van der Waals surface area (Å²) < 4.78 is 11.0. The first-order valence-electron chi connectivity index (χ1n) is 7.46. The summed E-state index contributed by atoms with van der Waals surface area (Å²) in [6.45, 7) is 3.71. The van der Waals surface area contributed by atoms with Crippen LogP contribution >= 0.6 is 12.4 Å². The van der Waals surface area contributed by atoms with E-state index in [0.717, 1.165) is 12.5 Å². The Hall–Kier alpha value is -1.46. The van der Waals surface area contributed by atoms with Gasteiger partial charge in [0.05, 0.1) is 20.2 Å². The molecule has 124 valence electrons. The van der Waals surface area contributed by atoms with Crippen molar-refractivity contribution in [2.45, 2.75) is 25.9 Å². The van der Waals surface area contributed by atoms with Gasteiger partial charge < -0.3 is 20.1 Å². The number of carbonyl (C=O) groups excluding carboxylic acids is 1. The average molecular weight is 329 g/mol. The molecule has 1 saturated carbocycles. The standard InChI is InChI=1S/C16H24N2O3.ClH/c1-12(21-15-6-4-3-5-14(15)20-2)9-18-16(19)11-17-10-13-7-8-13;/h3-6,12-13,17H,7-11H2,1-2H3,(H,18,19);1H. The smallest absolute Gasteiger partial charge is 0.234 e. The number of halogens is 1. The Labute approximate surface area is 138 Å². The minimum Gasteiger partial charge on any atom is -0.493 e. The zero-order valence-electron chi connectivity index (χ0n) is 13.1. The van der Waals surface area contributed by atoms with Gasteiger partial charge in [-0.15, -0.1) is 12.4 Å². The van der Waals surface area contributed by atoms with Gasteiger partial charge in [-0.05, 0) is 44.4 Å². The van der Waals surface area contributed by atoms with Crippen LogP contribution in [-0.4, -0.2) is 38.8 Å². The van der Waals surface area contributed by atoms with Crippen LogP contribution in [-0.2, 0) is 4.79 Å². The number of amides is 1. The summed E-state index contributed by atoms with van der Waals surface area (Å²) >= 11 is 0. The number of methoxy groups -OCH3 is 1. The Balaban J connectivity index is 0.00000242. The molecular formula is C16H25ClN2O3. The van der Waals surface area contributed by atoms with Crippen LogP contribution < -0.4 is 20.1 Å². The Morgan fingerprint density at radius 3 is 2.64 bits per heavy atom. The summed E-state index contributed by atoms with van der Waals surface area (Å²) in [5.74, 6) is 2.17. The zero-order chi connectivity index (χ0) is 15.1. The van der Waals surface area contributed by atoms with E-state index in [1.54, 1.807) is 7.11 Å². The van der Waals surface area contributed by atoms with Crippen molar-refractivity contribution >= 4 is 18.3 Å². The molecule has 0 saturated heterocycles. The van der Waals surface area contributed by atoms with Crippen LogP contribution in [0.5, 0.6) is 11.5 Å². The van der Waals surface area contributed by atoms with Gasteiger partial charge in [0.2, 0.25) is 5.91 Å². The Morgan fingerprint density at radius 2 is 2.00 bits per heavy atom. The van der Waals surface area contributed by atoms with Crippen molar-refractivity contribution in [1.82, 2.24) is 10.6 Å². The average Bonchev–Trinajstić information content (AvgIpc) is 3.30. The molecule has 1 aromatic rings. The van der Waals surface area contributed by atoms with Gasteiger partial charge in [-0.3, -0.25) is 4.79 Å². The lowest BCUT2D eigenvalue weighted by molar-refractivity contribution is -0.120. The van der Waals surface area contributed by atoms with Crippen LogP contribution in [0, 0.1) is 5.92 Å². The van der Waals surface area contributed by atoms with Gasteiger partial charge in [0.15, 0.2) is 11.5 Å². The summed E-state index contributed by atoms with van der Waals surface area (Å²) in [4.78, 5) is 11.7. The lowest BCUT2D eigenvalue weighted by atomic mass is 10.3. The molecule has 0 spiro atoms. The molecule has 1 unspecified atom stereocenters. The van der Waals surface area contributed by atoms with Crippen LogP contribution in [0.1, 0.15) is 19.8 Å². The van der Waals surface area contributed by atoms with Crippen LogP contribution in [0.25, 0.3) is 0 Å². The molecule has 2 rings (SSSR count). The van der Waals surface area contributed by atoms with Gasteiger partial charge in [-0.1, -0.05) is 12.1 Å². The van der Waals surface area contributed by atoms with E-state index in [0.29, 0.717) is 24.6 Å². The molecule has 2 N–H and O–H groups in total. The number of para-hydroxylation sites is 2. The number of carbonyl (C=O) groups is 1. The number of hydrogen-bond acceptors (Lipinski definition) is 4. The van der Waals surface area contributed by atoms with E-state index >= 15 is 0 Å². The first-order chi connectivity index (χ1) is 10.2. The quantitative estimate of drug-likeness (QED) is 0.728. The minimum atomic E-state index is -0.117. The predicted octanol–water partition coefficient (Wildman–Crippen LogP) is 2.00. The monoisotopic (exact) mass is 328 g/mol. The van der Waals surface area contributed by atoms with Crippen molar-refractivity contribution in [3.8, 4) is 11.5 Å².